The monoisotopic (exact) mass is 213 g/mol. The molecule has 1 fully saturated rings. The van der Waals surface area contributed by atoms with E-state index in [2.05, 4.69) is 19.0 Å². The summed E-state index contributed by atoms with van der Waals surface area (Å²) in [4.78, 5) is 14.0. The predicted molar refractivity (Wildman–Crippen MR) is 60.7 cm³/mol. The molecule has 0 aromatic rings. The summed E-state index contributed by atoms with van der Waals surface area (Å²) >= 11 is 0. The van der Waals surface area contributed by atoms with Crippen LogP contribution in [0.2, 0.25) is 0 Å². The highest BCUT2D eigenvalue weighted by Gasteiger charge is 2.29. The van der Waals surface area contributed by atoms with Gasteiger partial charge in [0.2, 0.25) is 0 Å². The summed E-state index contributed by atoms with van der Waals surface area (Å²) in [7, 11) is 4.17. The minimum absolute atomic E-state index is 0.00319. The average molecular weight is 213 g/mol. The smallest absolute Gasteiger partial charge is 0.309 e. The molecule has 3 heteroatoms. The Morgan fingerprint density at radius 3 is 2.53 bits per heavy atom. The molecule has 0 radical (unpaired) electrons. The summed E-state index contributed by atoms with van der Waals surface area (Å²) in [5.74, 6) is 0.116. The minimum atomic E-state index is -0.00319. The maximum absolute atomic E-state index is 11.7. The molecule has 1 saturated carbocycles. The van der Waals surface area contributed by atoms with Crippen LogP contribution in [0.3, 0.4) is 0 Å². The first-order valence-corrected chi connectivity index (χ1v) is 5.87. The van der Waals surface area contributed by atoms with Crippen LogP contribution in [0, 0.1) is 5.92 Å². The Labute approximate surface area is 92.8 Å². The van der Waals surface area contributed by atoms with E-state index in [0.717, 1.165) is 19.3 Å². The van der Waals surface area contributed by atoms with E-state index in [-0.39, 0.29) is 18.0 Å². The van der Waals surface area contributed by atoms with Crippen molar-refractivity contribution in [2.45, 2.75) is 51.7 Å². The van der Waals surface area contributed by atoms with Crippen LogP contribution in [0.25, 0.3) is 0 Å². The quantitative estimate of drug-likeness (QED) is 0.672. The van der Waals surface area contributed by atoms with Crippen molar-refractivity contribution in [2.24, 2.45) is 5.92 Å². The van der Waals surface area contributed by atoms with Crippen molar-refractivity contribution >= 4 is 5.97 Å². The van der Waals surface area contributed by atoms with Gasteiger partial charge in [-0.2, -0.15) is 0 Å². The summed E-state index contributed by atoms with van der Waals surface area (Å²) < 4.78 is 5.26. The van der Waals surface area contributed by atoms with E-state index in [4.69, 9.17) is 4.74 Å². The standard InChI is InChI=1S/C12H23NO2/c1-9(2)15-12(14)10-6-5-7-11(8-10)13(3)4/h9-11H,5-8H2,1-4H3. The fraction of sp³-hybridized carbons (Fsp3) is 0.917. The van der Waals surface area contributed by atoms with Gasteiger partial charge in [-0.1, -0.05) is 6.42 Å². The molecule has 0 bridgehead atoms. The molecule has 15 heavy (non-hydrogen) atoms. The van der Waals surface area contributed by atoms with Crippen LogP contribution in [-0.4, -0.2) is 37.1 Å². The van der Waals surface area contributed by atoms with E-state index in [0.29, 0.717) is 6.04 Å². The fourth-order valence-corrected chi connectivity index (χ4v) is 2.18. The molecule has 3 nitrogen and oxygen atoms in total. The highest BCUT2D eigenvalue weighted by Crippen LogP contribution is 2.27. The van der Waals surface area contributed by atoms with Crippen LogP contribution in [0.15, 0.2) is 0 Å². The van der Waals surface area contributed by atoms with E-state index < -0.39 is 0 Å². The van der Waals surface area contributed by atoms with Crippen LogP contribution in [-0.2, 0) is 9.53 Å². The molecule has 0 amide bonds. The molecule has 0 heterocycles. The van der Waals surface area contributed by atoms with Gasteiger partial charge in [0.05, 0.1) is 12.0 Å². The molecule has 2 unspecified atom stereocenters. The lowest BCUT2D eigenvalue weighted by Gasteiger charge is -2.32. The Hall–Kier alpha value is -0.570. The Bertz CT molecular complexity index is 214. The zero-order valence-corrected chi connectivity index (χ0v) is 10.3. The second-order valence-corrected chi connectivity index (χ2v) is 4.97. The number of nitrogens with zero attached hydrogens (tertiary/aromatic N) is 1. The van der Waals surface area contributed by atoms with E-state index in [1.54, 1.807) is 0 Å². The third-order valence-corrected chi connectivity index (χ3v) is 3.06. The normalized spacial score (nSPS) is 27.1. The van der Waals surface area contributed by atoms with Crippen molar-refractivity contribution < 1.29 is 9.53 Å². The molecule has 0 spiro atoms. The van der Waals surface area contributed by atoms with Gasteiger partial charge >= 0.3 is 5.97 Å². The van der Waals surface area contributed by atoms with Gasteiger partial charge in [0, 0.05) is 6.04 Å². The molecule has 0 aromatic carbocycles. The molecule has 1 aliphatic carbocycles. The van der Waals surface area contributed by atoms with E-state index >= 15 is 0 Å². The number of hydrogen-bond acceptors (Lipinski definition) is 3. The number of rotatable bonds is 3. The van der Waals surface area contributed by atoms with Crippen molar-refractivity contribution in [2.75, 3.05) is 14.1 Å². The molecule has 0 aliphatic heterocycles. The second kappa shape index (κ2) is 5.50. The number of ether oxygens (including phenoxy) is 1. The van der Waals surface area contributed by atoms with Crippen LogP contribution in [0.5, 0.6) is 0 Å². The second-order valence-electron chi connectivity index (χ2n) is 4.97. The number of carbonyl (C=O) groups is 1. The molecule has 0 N–H and O–H groups in total. The van der Waals surface area contributed by atoms with Gasteiger partial charge in [0.1, 0.15) is 0 Å². The van der Waals surface area contributed by atoms with Crippen molar-refractivity contribution in [3.05, 3.63) is 0 Å². The van der Waals surface area contributed by atoms with Gasteiger partial charge in [0.25, 0.3) is 0 Å². The predicted octanol–water partition coefficient (Wildman–Crippen LogP) is 2.06. The minimum Gasteiger partial charge on any atom is -0.463 e. The number of carbonyl (C=O) groups excluding carboxylic acids is 1. The lowest BCUT2D eigenvalue weighted by molar-refractivity contribution is -0.154. The molecule has 0 aromatic heterocycles. The maximum atomic E-state index is 11.7. The summed E-state index contributed by atoms with van der Waals surface area (Å²) in [5, 5.41) is 0. The highest BCUT2D eigenvalue weighted by atomic mass is 16.5. The van der Waals surface area contributed by atoms with Gasteiger partial charge in [-0.05, 0) is 47.2 Å². The van der Waals surface area contributed by atoms with Crippen LogP contribution in [0.4, 0.5) is 0 Å². The third-order valence-electron chi connectivity index (χ3n) is 3.06. The van der Waals surface area contributed by atoms with Crippen LogP contribution < -0.4 is 0 Å². The molecule has 0 saturated heterocycles. The SMILES string of the molecule is CC(C)OC(=O)C1CCCC(N(C)C)C1. The Balaban J connectivity index is 2.45. The van der Waals surface area contributed by atoms with Gasteiger partial charge in [-0.3, -0.25) is 4.79 Å². The Morgan fingerprint density at radius 1 is 1.33 bits per heavy atom. The first-order chi connectivity index (χ1) is 7.00. The van der Waals surface area contributed by atoms with Crippen LogP contribution in [0.1, 0.15) is 39.5 Å². The lowest BCUT2D eigenvalue weighted by Crippen LogP contribution is -2.36. The maximum Gasteiger partial charge on any atom is 0.309 e. The van der Waals surface area contributed by atoms with Crippen LogP contribution >= 0.6 is 0 Å². The summed E-state index contributed by atoms with van der Waals surface area (Å²) in [6.07, 6.45) is 4.31. The summed E-state index contributed by atoms with van der Waals surface area (Å²) in [5.41, 5.74) is 0. The zero-order valence-electron chi connectivity index (χ0n) is 10.3. The van der Waals surface area contributed by atoms with Gasteiger partial charge in [-0.15, -0.1) is 0 Å². The van der Waals surface area contributed by atoms with E-state index in [1.807, 2.05) is 13.8 Å². The van der Waals surface area contributed by atoms with Crippen molar-refractivity contribution in [1.29, 1.82) is 0 Å². The van der Waals surface area contributed by atoms with Gasteiger partial charge in [-0.25, -0.2) is 0 Å². The average Bonchev–Trinajstić information content (AvgIpc) is 2.17. The van der Waals surface area contributed by atoms with Crippen molar-refractivity contribution in [1.82, 2.24) is 4.90 Å². The summed E-state index contributed by atoms with van der Waals surface area (Å²) in [6.45, 7) is 3.81. The highest BCUT2D eigenvalue weighted by molar-refractivity contribution is 5.72. The van der Waals surface area contributed by atoms with Crippen molar-refractivity contribution in [3.63, 3.8) is 0 Å². The topological polar surface area (TPSA) is 29.5 Å². The summed E-state index contributed by atoms with van der Waals surface area (Å²) in [6, 6.07) is 0.545. The molecule has 88 valence electrons. The molecule has 1 aliphatic rings. The first-order valence-electron chi connectivity index (χ1n) is 5.87. The number of hydrogen-bond donors (Lipinski definition) is 0. The Kier molecular flexibility index (Phi) is 4.58. The molecular weight excluding hydrogens is 190 g/mol. The third kappa shape index (κ3) is 3.82. The first kappa shape index (κ1) is 12.5. The molecule has 2 atom stereocenters. The van der Waals surface area contributed by atoms with Gasteiger partial charge in [0.15, 0.2) is 0 Å². The lowest BCUT2D eigenvalue weighted by atomic mass is 9.85. The van der Waals surface area contributed by atoms with Gasteiger partial charge < -0.3 is 9.64 Å². The largest absolute Gasteiger partial charge is 0.463 e. The number of esters is 1. The fourth-order valence-electron chi connectivity index (χ4n) is 2.18. The molecular formula is C12H23NO2. The van der Waals surface area contributed by atoms with E-state index in [1.165, 1.54) is 6.42 Å². The Morgan fingerprint density at radius 2 is 2.00 bits per heavy atom. The molecule has 1 rings (SSSR count). The van der Waals surface area contributed by atoms with Crippen molar-refractivity contribution in [3.8, 4) is 0 Å². The van der Waals surface area contributed by atoms with E-state index in [9.17, 15) is 4.79 Å². The zero-order chi connectivity index (χ0) is 11.4.